The van der Waals surface area contributed by atoms with Gasteiger partial charge in [-0.2, -0.15) is 0 Å². The Bertz CT molecular complexity index is 1310. The molecule has 1 aliphatic rings. The SMILES string of the molecule is O=C(OCc1ccccc1)N1CCC(n2cc(-c3ccccc3)c3ccccc3c2=O)CC1. The van der Waals surface area contributed by atoms with Crippen LogP contribution >= 0.6 is 0 Å². The topological polar surface area (TPSA) is 51.5 Å². The minimum absolute atomic E-state index is 0.0235. The first-order valence-electron chi connectivity index (χ1n) is 11.4. The number of amides is 1. The van der Waals surface area contributed by atoms with Crippen LogP contribution in [0.3, 0.4) is 0 Å². The van der Waals surface area contributed by atoms with Crippen LogP contribution in [0.5, 0.6) is 0 Å². The van der Waals surface area contributed by atoms with Crippen molar-refractivity contribution in [3.8, 4) is 11.1 Å². The van der Waals surface area contributed by atoms with Gasteiger partial charge in [0.2, 0.25) is 0 Å². The van der Waals surface area contributed by atoms with Gasteiger partial charge in [-0.3, -0.25) is 4.79 Å². The highest BCUT2D eigenvalue weighted by Crippen LogP contribution is 2.30. The van der Waals surface area contributed by atoms with Crippen LogP contribution in [0.15, 0.2) is 95.9 Å². The average molecular weight is 439 g/mol. The summed E-state index contributed by atoms with van der Waals surface area (Å²) in [5, 5.41) is 1.69. The van der Waals surface area contributed by atoms with Crippen LogP contribution in [-0.2, 0) is 11.3 Å². The van der Waals surface area contributed by atoms with Crippen LogP contribution in [-0.4, -0.2) is 28.6 Å². The minimum atomic E-state index is -0.298. The molecule has 0 radical (unpaired) electrons. The Balaban J connectivity index is 1.35. The number of ether oxygens (including phenoxy) is 1. The van der Waals surface area contributed by atoms with Crippen LogP contribution in [0.25, 0.3) is 21.9 Å². The third-order valence-corrected chi connectivity index (χ3v) is 6.36. The highest BCUT2D eigenvalue weighted by Gasteiger charge is 2.26. The van der Waals surface area contributed by atoms with Gasteiger partial charge in [0.15, 0.2) is 0 Å². The second-order valence-electron chi connectivity index (χ2n) is 8.43. The lowest BCUT2D eigenvalue weighted by atomic mass is 9.99. The number of fused-ring (bicyclic) bond motifs is 1. The molecule has 3 aromatic carbocycles. The normalized spacial score (nSPS) is 14.4. The zero-order valence-electron chi connectivity index (χ0n) is 18.4. The molecule has 0 spiro atoms. The number of likely N-dealkylation sites (tertiary alicyclic amines) is 1. The summed E-state index contributed by atoms with van der Waals surface area (Å²) in [5.74, 6) is 0. The molecule has 0 N–H and O–H groups in total. The molecular formula is C28H26N2O3. The van der Waals surface area contributed by atoms with E-state index in [2.05, 4.69) is 12.1 Å². The Kier molecular flexibility index (Phi) is 5.94. The van der Waals surface area contributed by atoms with Gasteiger partial charge in [-0.15, -0.1) is 0 Å². The van der Waals surface area contributed by atoms with Crippen LogP contribution in [0, 0.1) is 0 Å². The largest absolute Gasteiger partial charge is 0.445 e. The monoisotopic (exact) mass is 438 g/mol. The Labute approximate surface area is 192 Å². The lowest BCUT2D eigenvalue weighted by Crippen LogP contribution is -2.41. The van der Waals surface area contributed by atoms with Gasteiger partial charge in [-0.05, 0) is 35.4 Å². The third-order valence-electron chi connectivity index (χ3n) is 6.36. The maximum Gasteiger partial charge on any atom is 0.410 e. The van der Waals surface area contributed by atoms with Gasteiger partial charge in [0.1, 0.15) is 6.61 Å². The number of carbonyl (C=O) groups excluding carboxylic acids is 1. The zero-order valence-corrected chi connectivity index (χ0v) is 18.4. The second-order valence-corrected chi connectivity index (χ2v) is 8.43. The summed E-state index contributed by atoms with van der Waals surface area (Å²) in [6, 6.07) is 27.7. The van der Waals surface area contributed by atoms with Crippen molar-refractivity contribution in [2.45, 2.75) is 25.5 Å². The molecule has 166 valence electrons. The van der Waals surface area contributed by atoms with E-state index in [1.54, 1.807) is 4.90 Å². The van der Waals surface area contributed by atoms with E-state index in [9.17, 15) is 9.59 Å². The number of carbonyl (C=O) groups is 1. The zero-order chi connectivity index (χ0) is 22.6. The average Bonchev–Trinajstić information content (AvgIpc) is 2.89. The lowest BCUT2D eigenvalue weighted by Gasteiger charge is -2.32. The van der Waals surface area contributed by atoms with Crippen molar-refractivity contribution >= 4 is 16.9 Å². The van der Waals surface area contributed by atoms with Crippen molar-refractivity contribution in [1.29, 1.82) is 0 Å². The van der Waals surface area contributed by atoms with Crippen molar-refractivity contribution in [1.82, 2.24) is 9.47 Å². The molecule has 0 atom stereocenters. The fourth-order valence-corrected chi connectivity index (χ4v) is 4.57. The first-order valence-corrected chi connectivity index (χ1v) is 11.4. The Morgan fingerprint density at radius 3 is 2.12 bits per heavy atom. The van der Waals surface area contributed by atoms with Crippen LogP contribution in [0.2, 0.25) is 0 Å². The highest BCUT2D eigenvalue weighted by molar-refractivity contribution is 5.95. The standard InChI is InChI=1S/C28H26N2O3/c31-27-25-14-8-7-13-24(25)26(22-11-5-2-6-12-22)19-30(27)23-15-17-29(18-16-23)28(32)33-20-21-9-3-1-4-10-21/h1-14,19,23H,15-18,20H2. The number of piperidine rings is 1. The Hall–Kier alpha value is -3.86. The van der Waals surface area contributed by atoms with Crippen molar-refractivity contribution in [2.24, 2.45) is 0 Å². The van der Waals surface area contributed by atoms with Crippen molar-refractivity contribution < 1.29 is 9.53 Å². The second kappa shape index (κ2) is 9.33. The fourth-order valence-electron chi connectivity index (χ4n) is 4.57. The molecule has 0 unspecified atom stereocenters. The molecule has 5 nitrogen and oxygen atoms in total. The van der Waals surface area contributed by atoms with Gasteiger partial charge in [0.05, 0.1) is 0 Å². The molecule has 1 aromatic heterocycles. The molecule has 0 saturated carbocycles. The first-order chi connectivity index (χ1) is 16.2. The first kappa shape index (κ1) is 21.0. The molecule has 1 saturated heterocycles. The number of nitrogens with zero attached hydrogens (tertiary/aromatic N) is 2. The van der Waals surface area contributed by atoms with E-state index in [1.807, 2.05) is 83.6 Å². The predicted octanol–water partition coefficient (Wildman–Crippen LogP) is 5.64. The molecule has 2 heterocycles. The summed E-state index contributed by atoms with van der Waals surface area (Å²) in [6.07, 6.45) is 3.13. The molecule has 5 rings (SSSR count). The minimum Gasteiger partial charge on any atom is -0.445 e. The Morgan fingerprint density at radius 1 is 0.818 bits per heavy atom. The van der Waals surface area contributed by atoms with Gasteiger partial charge >= 0.3 is 6.09 Å². The van der Waals surface area contributed by atoms with Crippen LogP contribution in [0.1, 0.15) is 24.4 Å². The third kappa shape index (κ3) is 4.40. The van der Waals surface area contributed by atoms with Gasteiger partial charge in [-0.25, -0.2) is 4.79 Å². The summed E-state index contributed by atoms with van der Waals surface area (Å²) in [7, 11) is 0. The molecule has 33 heavy (non-hydrogen) atoms. The van der Waals surface area contributed by atoms with Crippen molar-refractivity contribution in [2.75, 3.05) is 13.1 Å². The van der Waals surface area contributed by atoms with Crippen molar-refractivity contribution in [3.63, 3.8) is 0 Å². The molecule has 1 fully saturated rings. The maximum absolute atomic E-state index is 13.3. The van der Waals surface area contributed by atoms with E-state index in [0.29, 0.717) is 25.9 Å². The van der Waals surface area contributed by atoms with Gasteiger partial charge in [0.25, 0.3) is 5.56 Å². The van der Waals surface area contributed by atoms with Gasteiger partial charge < -0.3 is 14.2 Å². The van der Waals surface area contributed by atoms with Gasteiger partial charge in [-0.1, -0.05) is 78.9 Å². The summed E-state index contributed by atoms with van der Waals surface area (Å²) >= 11 is 0. The molecule has 0 aliphatic carbocycles. The maximum atomic E-state index is 13.3. The summed E-state index contributed by atoms with van der Waals surface area (Å²) in [4.78, 5) is 27.6. The predicted molar refractivity (Wildman–Crippen MR) is 130 cm³/mol. The number of pyridine rings is 1. The summed E-state index contributed by atoms with van der Waals surface area (Å²) in [6.45, 7) is 1.40. The molecule has 1 aliphatic heterocycles. The highest BCUT2D eigenvalue weighted by atomic mass is 16.6. The lowest BCUT2D eigenvalue weighted by molar-refractivity contribution is 0.0829. The van der Waals surface area contributed by atoms with Crippen LogP contribution < -0.4 is 5.56 Å². The number of aromatic nitrogens is 1. The van der Waals surface area contributed by atoms with E-state index in [0.717, 1.165) is 27.5 Å². The Morgan fingerprint density at radius 2 is 1.42 bits per heavy atom. The van der Waals surface area contributed by atoms with Crippen LogP contribution in [0.4, 0.5) is 4.79 Å². The smallest absolute Gasteiger partial charge is 0.410 e. The number of benzene rings is 3. The number of hydrogen-bond acceptors (Lipinski definition) is 3. The van der Waals surface area contributed by atoms with E-state index in [-0.39, 0.29) is 24.3 Å². The quantitative estimate of drug-likeness (QED) is 0.414. The fraction of sp³-hybridized carbons (Fsp3) is 0.214. The van der Waals surface area contributed by atoms with E-state index >= 15 is 0 Å². The summed E-state index contributed by atoms with van der Waals surface area (Å²) < 4.78 is 7.36. The molecule has 1 amide bonds. The summed E-state index contributed by atoms with van der Waals surface area (Å²) in [5.41, 5.74) is 3.13. The number of rotatable bonds is 4. The van der Waals surface area contributed by atoms with E-state index in [1.165, 1.54) is 0 Å². The van der Waals surface area contributed by atoms with Gasteiger partial charge in [0, 0.05) is 36.3 Å². The van der Waals surface area contributed by atoms with E-state index in [4.69, 9.17) is 4.74 Å². The van der Waals surface area contributed by atoms with Crippen molar-refractivity contribution in [3.05, 3.63) is 107 Å². The molecule has 0 bridgehead atoms. The molecule has 5 heteroatoms. The molecule has 4 aromatic rings. The number of hydrogen-bond donors (Lipinski definition) is 0. The molecular weight excluding hydrogens is 412 g/mol. The van der Waals surface area contributed by atoms with E-state index < -0.39 is 0 Å².